The molecule has 0 bridgehead atoms. The molecular weight excluding hydrogens is 230 g/mol. The average molecular weight is 248 g/mol. The fourth-order valence-corrected chi connectivity index (χ4v) is 2.17. The van der Waals surface area contributed by atoms with E-state index in [4.69, 9.17) is 11.6 Å². The third-order valence-corrected chi connectivity index (χ3v) is 3.13. The zero-order chi connectivity index (χ0) is 11.1. The average Bonchev–Trinajstić information content (AvgIpc) is 2.57. The van der Waals surface area contributed by atoms with Gasteiger partial charge in [-0.1, -0.05) is 11.6 Å². The molecule has 0 aromatic carbocycles. The summed E-state index contributed by atoms with van der Waals surface area (Å²) in [6, 6.07) is 0. The van der Waals surface area contributed by atoms with Gasteiger partial charge in [0.1, 0.15) is 9.34 Å². The van der Waals surface area contributed by atoms with Crippen molar-refractivity contribution < 1.29 is 0 Å². The minimum Gasteiger partial charge on any atom is -0.310 e. The van der Waals surface area contributed by atoms with Gasteiger partial charge in [0, 0.05) is 6.54 Å². The summed E-state index contributed by atoms with van der Waals surface area (Å²) < 4.78 is 0.763. The van der Waals surface area contributed by atoms with Crippen LogP contribution in [-0.4, -0.2) is 37.1 Å². The molecule has 0 aliphatic carbocycles. The van der Waals surface area contributed by atoms with E-state index in [9.17, 15) is 0 Å². The Bertz CT molecular complexity index is 275. The predicted molar refractivity (Wildman–Crippen MR) is 66.6 cm³/mol. The van der Waals surface area contributed by atoms with E-state index in [0.717, 1.165) is 29.0 Å². The van der Waals surface area contributed by atoms with Gasteiger partial charge in [0.05, 0.1) is 6.20 Å². The van der Waals surface area contributed by atoms with Gasteiger partial charge in [-0.3, -0.25) is 0 Å². The van der Waals surface area contributed by atoms with Gasteiger partial charge in [0.2, 0.25) is 0 Å². The van der Waals surface area contributed by atoms with Crippen molar-refractivity contribution in [1.29, 1.82) is 0 Å². The molecule has 1 aromatic heterocycles. The molecule has 0 spiro atoms. The normalized spacial score (nSPS) is 11.2. The molecule has 0 radical (unpaired) electrons. The minimum atomic E-state index is 0.763. The third kappa shape index (κ3) is 6.10. The summed E-state index contributed by atoms with van der Waals surface area (Å²) >= 11 is 7.32. The summed E-state index contributed by atoms with van der Waals surface area (Å²) in [6.45, 7) is 3.04. The molecule has 0 fully saturated rings. The van der Waals surface area contributed by atoms with E-state index in [2.05, 4.69) is 29.3 Å². The van der Waals surface area contributed by atoms with Crippen molar-refractivity contribution in [3.63, 3.8) is 0 Å². The van der Waals surface area contributed by atoms with E-state index in [1.54, 1.807) is 17.5 Å². The van der Waals surface area contributed by atoms with Crippen LogP contribution in [0, 0.1) is 0 Å². The first-order valence-corrected chi connectivity index (χ1v) is 6.33. The Balaban J connectivity index is 1.98. The largest absolute Gasteiger partial charge is 0.310 e. The van der Waals surface area contributed by atoms with Gasteiger partial charge in [-0.25, -0.2) is 4.98 Å². The highest BCUT2D eigenvalue weighted by atomic mass is 35.5. The molecule has 5 heteroatoms. The van der Waals surface area contributed by atoms with Crippen LogP contribution in [0.5, 0.6) is 0 Å². The molecule has 0 atom stereocenters. The van der Waals surface area contributed by atoms with Gasteiger partial charge in [-0.05, 0) is 40.0 Å². The van der Waals surface area contributed by atoms with Crippen LogP contribution in [0.15, 0.2) is 6.20 Å². The fraction of sp³-hybridized carbons (Fsp3) is 0.700. The Labute approximate surface area is 100 Å². The van der Waals surface area contributed by atoms with Crippen molar-refractivity contribution in [2.24, 2.45) is 0 Å². The van der Waals surface area contributed by atoms with Gasteiger partial charge in [0.25, 0.3) is 0 Å². The molecular formula is C10H18ClN3S. The van der Waals surface area contributed by atoms with E-state index >= 15 is 0 Å². The second-order valence-electron chi connectivity index (χ2n) is 3.75. The van der Waals surface area contributed by atoms with Crippen LogP contribution in [0.3, 0.4) is 0 Å². The molecule has 3 nitrogen and oxygen atoms in total. The second-order valence-corrected chi connectivity index (χ2v) is 5.49. The van der Waals surface area contributed by atoms with Gasteiger partial charge < -0.3 is 10.2 Å². The molecule has 1 N–H and O–H groups in total. The number of nitrogens with one attached hydrogen (secondary N) is 1. The van der Waals surface area contributed by atoms with Crippen LogP contribution in [0.4, 0.5) is 0 Å². The maximum absolute atomic E-state index is 5.78. The first kappa shape index (κ1) is 12.9. The minimum absolute atomic E-state index is 0.763. The Morgan fingerprint density at radius 2 is 2.27 bits per heavy atom. The van der Waals surface area contributed by atoms with E-state index in [1.807, 2.05) is 0 Å². The zero-order valence-electron chi connectivity index (χ0n) is 9.29. The maximum Gasteiger partial charge on any atom is 0.113 e. The van der Waals surface area contributed by atoms with E-state index < -0.39 is 0 Å². The monoisotopic (exact) mass is 247 g/mol. The number of aromatic nitrogens is 1. The van der Waals surface area contributed by atoms with E-state index in [-0.39, 0.29) is 0 Å². The number of thiazole rings is 1. The lowest BCUT2D eigenvalue weighted by Gasteiger charge is -2.08. The van der Waals surface area contributed by atoms with Crippen LogP contribution in [-0.2, 0) is 6.54 Å². The van der Waals surface area contributed by atoms with Crippen molar-refractivity contribution >= 4 is 22.9 Å². The van der Waals surface area contributed by atoms with Crippen molar-refractivity contribution in [2.75, 3.05) is 27.2 Å². The number of rotatable bonds is 7. The molecule has 0 aliphatic heterocycles. The Morgan fingerprint density at radius 3 is 2.87 bits per heavy atom. The molecule has 86 valence electrons. The number of halogens is 1. The summed E-state index contributed by atoms with van der Waals surface area (Å²) in [4.78, 5) is 6.39. The molecule has 15 heavy (non-hydrogen) atoms. The summed E-state index contributed by atoms with van der Waals surface area (Å²) in [6.07, 6.45) is 4.14. The van der Waals surface area contributed by atoms with Crippen LogP contribution < -0.4 is 5.32 Å². The summed E-state index contributed by atoms with van der Waals surface area (Å²) in [5, 5.41) is 4.42. The summed E-state index contributed by atoms with van der Waals surface area (Å²) in [5.74, 6) is 0. The molecule has 1 aromatic rings. The highest BCUT2D eigenvalue weighted by Crippen LogP contribution is 2.17. The molecule has 0 saturated heterocycles. The summed E-state index contributed by atoms with van der Waals surface area (Å²) in [7, 11) is 4.20. The van der Waals surface area contributed by atoms with Crippen LogP contribution in [0.1, 0.15) is 17.8 Å². The third-order valence-electron chi connectivity index (χ3n) is 2.01. The molecule has 0 saturated carbocycles. The molecule has 0 aliphatic rings. The highest BCUT2D eigenvalue weighted by Gasteiger charge is 1.98. The lowest BCUT2D eigenvalue weighted by molar-refractivity contribution is 0.391. The van der Waals surface area contributed by atoms with Crippen molar-refractivity contribution in [3.8, 4) is 0 Å². The Morgan fingerprint density at radius 1 is 1.47 bits per heavy atom. The van der Waals surface area contributed by atoms with E-state index in [1.165, 1.54) is 12.8 Å². The standard InChI is InChI=1S/C10H18ClN3S/c1-14(2)6-4-3-5-12-8-10-13-7-9(11)15-10/h7,12H,3-6,8H2,1-2H3. The van der Waals surface area contributed by atoms with Gasteiger partial charge in [-0.2, -0.15) is 0 Å². The van der Waals surface area contributed by atoms with Crippen LogP contribution >= 0.6 is 22.9 Å². The first-order valence-electron chi connectivity index (χ1n) is 5.14. The van der Waals surface area contributed by atoms with E-state index in [0.29, 0.717) is 0 Å². The van der Waals surface area contributed by atoms with Crippen molar-refractivity contribution in [3.05, 3.63) is 15.5 Å². The number of unbranched alkanes of at least 4 members (excludes halogenated alkanes) is 1. The van der Waals surface area contributed by atoms with Crippen LogP contribution in [0.2, 0.25) is 4.34 Å². The fourth-order valence-electron chi connectivity index (χ4n) is 1.24. The molecule has 1 heterocycles. The van der Waals surface area contributed by atoms with Crippen molar-refractivity contribution in [1.82, 2.24) is 15.2 Å². The highest BCUT2D eigenvalue weighted by molar-refractivity contribution is 7.15. The molecule has 1 rings (SSSR count). The lowest BCUT2D eigenvalue weighted by Crippen LogP contribution is -2.17. The SMILES string of the molecule is CN(C)CCCCNCc1ncc(Cl)s1. The maximum atomic E-state index is 5.78. The first-order chi connectivity index (χ1) is 7.18. The second kappa shape index (κ2) is 7.17. The predicted octanol–water partition coefficient (Wildman–Crippen LogP) is 2.23. The smallest absolute Gasteiger partial charge is 0.113 e. The number of nitrogens with zero attached hydrogens (tertiary/aromatic N) is 2. The van der Waals surface area contributed by atoms with Crippen molar-refractivity contribution in [2.45, 2.75) is 19.4 Å². The Kier molecular flexibility index (Phi) is 6.17. The molecule has 0 amide bonds. The van der Waals surface area contributed by atoms with Gasteiger partial charge >= 0.3 is 0 Å². The zero-order valence-corrected chi connectivity index (χ0v) is 10.9. The Hall–Kier alpha value is -0.160. The van der Waals surface area contributed by atoms with Gasteiger partial charge in [0.15, 0.2) is 0 Å². The number of hydrogen-bond acceptors (Lipinski definition) is 4. The molecule has 0 unspecified atom stereocenters. The number of hydrogen-bond donors (Lipinski definition) is 1. The lowest BCUT2D eigenvalue weighted by atomic mass is 10.3. The van der Waals surface area contributed by atoms with Gasteiger partial charge in [-0.15, -0.1) is 11.3 Å². The van der Waals surface area contributed by atoms with Crippen LogP contribution in [0.25, 0.3) is 0 Å². The quantitative estimate of drug-likeness (QED) is 0.749. The topological polar surface area (TPSA) is 28.2 Å². The summed E-state index contributed by atoms with van der Waals surface area (Å²) in [5.41, 5.74) is 0.